The van der Waals surface area contributed by atoms with E-state index in [4.69, 9.17) is 0 Å². The molecule has 11 heteroatoms. The zero-order valence-corrected chi connectivity index (χ0v) is 18.0. The van der Waals surface area contributed by atoms with Gasteiger partial charge in [-0.05, 0) is 13.8 Å². The van der Waals surface area contributed by atoms with Crippen molar-refractivity contribution in [3.63, 3.8) is 0 Å². The Morgan fingerprint density at radius 3 is 2.52 bits per heavy atom. The maximum atomic E-state index is 12.5. The van der Waals surface area contributed by atoms with Gasteiger partial charge in [-0.3, -0.25) is 4.57 Å². The van der Waals surface area contributed by atoms with Gasteiger partial charge >= 0.3 is 0 Å². The maximum Gasteiger partial charge on any atom is 0.259 e. The minimum absolute atomic E-state index is 0.0273. The number of sulfonamides is 1. The Bertz CT molecular complexity index is 1100. The van der Waals surface area contributed by atoms with E-state index in [1.165, 1.54) is 6.20 Å². The fourth-order valence-corrected chi connectivity index (χ4v) is 3.98. The molecular formula is C18H26N8O2S. The lowest BCUT2D eigenvalue weighted by Crippen LogP contribution is -2.29. The number of imidazole rings is 2. The lowest BCUT2D eigenvalue weighted by molar-refractivity contribution is 0.579. The Labute approximate surface area is 170 Å². The van der Waals surface area contributed by atoms with Crippen LogP contribution in [0.2, 0.25) is 0 Å². The normalized spacial score (nSPS) is 11.9. The number of anilines is 1. The van der Waals surface area contributed by atoms with Crippen molar-refractivity contribution in [3.8, 4) is 5.82 Å². The van der Waals surface area contributed by atoms with Gasteiger partial charge in [0.25, 0.3) is 10.0 Å². The predicted octanol–water partition coefficient (Wildman–Crippen LogP) is 1.53. The number of rotatable bonds is 8. The van der Waals surface area contributed by atoms with Gasteiger partial charge in [0, 0.05) is 50.7 Å². The van der Waals surface area contributed by atoms with Gasteiger partial charge in [-0.1, -0.05) is 13.8 Å². The Hall–Kier alpha value is -2.79. The second-order valence-electron chi connectivity index (χ2n) is 7.03. The molecule has 0 unspecified atom stereocenters. The molecule has 3 rings (SSSR count). The summed E-state index contributed by atoms with van der Waals surface area (Å²) in [5.74, 6) is 3.60. The number of hydrogen-bond donors (Lipinski definition) is 2. The summed E-state index contributed by atoms with van der Waals surface area (Å²) in [4.78, 5) is 17.2. The quantitative estimate of drug-likeness (QED) is 0.532. The molecule has 0 saturated heterocycles. The lowest BCUT2D eigenvalue weighted by Gasteiger charge is -2.10. The van der Waals surface area contributed by atoms with Crippen LogP contribution >= 0.6 is 0 Å². The summed E-state index contributed by atoms with van der Waals surface area (Å²) in [6, 6.07) is 1.80. The molecular weight excluding hydrogens is 392 g/mol. The van der Waals surface area contributed by atoms with Crippen molar-refractivity contribution in [2.24, 2.45) is 7.05 Å². The van der Waals surface area contributed by atoms with Crippen LogP contribution in [0.25, 0.3) is 5.82 Å². The molecule has 0 fully saturated rings. The van der Waals surface area contributed by atoms with E-state index in [1.54, 1.807) is 30.8 Å². The van der Waals surface area contributed by atoms with E-state index < -0.39 is 10.0 Å². The van der Waals surface area contributed by atoms with Crippen molar-refractivity contribution < 1.29 is 8.42 Å². The Balaban J connectivity index is 1.62. The minimum atomic E-state index is -3.67. The van der Waals surface area contributed by atoms with Crippen LogP contribution in [0.3, 0.4) is 0 Å². The Morgan fingerprint density at radius 2 is 1.90 bits per heavy atom. The van der Waals surface area contributed by atoms with Crippen LogP contribution in [0.5, 0.6) is 0 Å². The van der Waals surface area contributed by atoms with Gasteiger partial charge in [-0.25, -0.2) is 33.1 Å². The van der Waals surface area contributed by atoms with Crippen molar-refractivity contribution in [2.75, 3.05) is 18.4 Å². The third-order valence-electron chi connectivity index (χ3n) is 4.30. The van der Waals surface area contributed by atoms with Crippen LogP contribution in [0.15, 0.2) is 29.7 Å². The summed E-state index contributed by atoms with van der Waals surface area (Å²) < 4.78 is 31.1. The molecule has 0 aromatic carbocycles. The number of aromatic nitrogens is 6. The molecule has 0 radical (unpaired) electrons. The highest BCUT2D eigenvalue weighted by molar-refractivity contribution is 7.89. The SMILES string of the molecule is Cc1nc(NCCNS(=O)(=O)c2cn(C)c(C(C)C)n2)cc(-n2ccnc2C)n1. The van der Waals surface area contributed by atoms with E-state index in [2.05, 4.69) is 30.0 Å². The summed E-state index contributed by atoms with van der Waals surface area (Å²) in [6.07, 6.45) is 5.06. The molecule has 0 amide bonds. The number of hydrogen-bond acceptors (Lipinski definition) is 7. The molecule has 29 heavy (non-hydrogen) atoms. The Kier molecular flexibility index (Phi) is 5.99. The largest absolute Gasteiger partial charge is 0.369 e. The summed E-state index contributed by atoms with van der Waals surface area (Å²) >= 11 is 0. The van der Waals surface area contributed by atoms with Gasteiger partial charge in [-0.2, -0.15) is 0 Å². The third-order valence-corrected chi connectivity index (χ3v) is 5.63. The zero-order valence-electron chi connectivity index (χ0n) is 17.2. The first-order valence-electron chi connectivity index (χ1n) is 9.30. The average Bonchev–Trinajstić information content (AvgIpc) is 3.24. The molecule has 10 nitrogen and oxygen atoms in total. The highest BCUT2D eigenvalue weighted by Gasteiger charge is 2.20. The predicted molar refractivity (Wildman–Crippen MR) is 110 cm³/mol. The molecule has 2 N–H and O–H groups in total. The molecule has 0 aliphatic rings. The van der Waals surface area contributed by atoms with Crippen molar-refractivity contribution in [1.29, 1.82) is 0 Å². The summed E-state index contributed by atoms with van der Waals surface area (Å²) in [6.45, 7) is 8.19. The first-order valence-corrected chi connectivity index (χ1v) is 10.8. The number of aryl methyl sites for hydroxylation is 3. The molecule has 3 aromatic rings. The lowest BCUT2D eigenvalue weighted by atomic mass is 10.2. The Morgan fingerprint density at radius 1 is 1.14 bits per heavy atom. The van der Waals surface area contributed by atoms with E-state index >= 15 is 0 Å². The molecule has 156 valence electrons. The van der Waals surface area contributed by atoms with E-state index in [9.17, 15) is 8.42 Å². The van der Waals surface area contributed by atoms with E-state index in [0.29, 0.717) is 24.0 Å². The van der Waals surface area contributed by atoms with Crippen LogP contribution < -0.4 is 10.0 Å². The topological polar surface area (TPSA) is 120 Å². The summed E-state index contributed by atoms with van der Waals surface area (Å²) in [5.41, 5.74) is 0. The molecule has 0 saturated carbocycles. The molecule has 3 heterocycles. The zero-order chi connectivity index (χ0) is 21.2. The van der Waals surface area contributed by atoms with Crippen LogP contribution in [0, 0.1) is 13.8 Å². The van der Waals surface area contributed by atoms with Gasteiger partial charge in [0.15, 0.2) is 5.03 Å². The van der Waals surface area contributed by atoms with Gasteiger partial charge < -0.3 is 9.88 Å². The highest BCUT2D eigenvalue weighted by Crippen LogP contribution is 2.16. The fraction of sp³-hybridized carbons (Fsp3) is 0.444. The molecule has 0 atom stereocenters. The molecule has 0 bridgehead atoms. The standard InChI is InChI=1S/C18H26N8O2S/c1-12(2)18-24-17(11-25(18)5)29(27,28)21-7-6-20-15-10-16(23-13(3)22-15)26-9-8-19-14(26)4/h8-12,21H,6-7H2,1-5H3,(H,20,22,23). The van der Waals surface area contributed by atoms with Crippen LogP contribution in [-0.2, 0) is 17.1 Å². The van der Waals surface area contributed by atoms with Crippen LogP contribution in [0.1, 0.15) is 37.2 Å². The smallest absolute Gasteiger partial charge is 0.259 e. The van der Waals surface area contributed by atoms with Gasteiger partial charge in [0.05, 0.1) is 0 Å². The first-order chi connectivity index (χ1) is 13.7. The third kappa shape index (κ3) is 4.80. The van der Waals surface area contributed by atoms with Crippen molar-refractivity contribution in [1.82, 2.24) is 33.8 Å². The van der Waals surface area contributed by atoms with Gasteiger partial charge in [0.1, 0.15) is 29.1 Å². The second kappa shape index (κ2) is 8.29. The summed E-state index contributed by atoms with van der Waals surface area (Å²) in [7, 11) is -1.88. The monoisotopic (exact) mass is 418 g/mol. The van der Waals surface area contributed by atoms with Crippen molar-refractivity contribution in [2.45, 2.75) is 38.6 Å². The molecule has 0 aliphatic heterocycles. The van der Waals surface area contributed by atoms with Gasteiger partial charge in [-0.15, -0.1) is 0 Å². The summed E-state index contributed by atoms with van der Waals surface area (Å²) in [5, 5.41) is 3.16. The minimum Gasteiger partial charge on any atom is -0.369 e. The van der Waals surface area contributed by atoms with Crippen molar-refractivity contribution in [3.05, 3.63) is 42.1 Å². The van der Waals surface area contributed by atoms with Crippen LogP contribution in [0.4, 0.5) is 5.82 Å². The van der Waals surface area contributed by atoms with E-state index in [1.807, 2.05) is 31.5 Å². The van der Waals surface area contributed by atoms with E-state index in [0.717, 1.165) is 11.6 Å². The van der Waals surface area contributed by atoms with Crippen molar-refractivity contribution >= 4 is 15.8 Å². The second-order valence-corrected chi connectivity index (χ2v) is 8.74. The first kappa shape index (κ1) is 20.9. The average molecular weight is 419 g/mol. The molecule has 0 spiro atoms. The van der Waals surface area contributed by atoms with Gasteiger partial charge in [0.2, 0.25) is 0 Å². The van der Waals surface area contributed by atoms with Crippen LogP contribution in [-0.4, -0.2) is 50.6 Å². The fourth-order valence-electron chi connectivity index (χ4n) is 2.95. The molecule has 0 aliphatic carbocycles. The number of nitrogens with one attached hydrogen (secondary N) is 2. The molecule has 3 aromatic heterocycles. The maximum absolute atomic E-state index is 12.5. The number of nitrogens with zero attached hydrogens (tertiary/aromatic N) is 6. The van der Waals surface area contributed by atoms with E-state index in [-0.39, 0.29) is 17.5 Å². The highest BCUT2D eigenvalue weighted by atomic mass is 32.2.